The van der Waals surface area contributed by atoms with Gasteiger partial charge in [-0.1, -0.05) is 17.7 Å². The van der Waals surface area contributed by atoms with Crippen molar-refractivity contribution in [1.29, 1.82) is 0 Å². The maximum absolute atomic E-state index is 13.9. The molecule has 1 aromatic carbocycles. The van der Waals surface area contributed by atoms with Crippen LogP contribution in [0.5, 0.6) is 0 Å². The average molecular weight is 509 g/mol. The lowest BCUT2D eigenvalue weighted by Gasteiger charge is -2.18. The van der Waals surface area contributed by atoms with E-state index in [4.69, 9.17) is 11.6 Å². The van der Waals surface area contributed by atoms with E-state index in [2.05, 4.69) is 20.4 Å². The topological polar surface area (TPSA) is 97.9 Å². The second-order valence-electron chi connectivity index (χ2n) is 7.46. The molecule has 0 radical (unpaired) electrons. The van der Waals surface area contributed by atoms with Crippen molar-refractivity contribution in [2.45, 2.75) is 12.2 Å². The van der Waals surface area contributed by atoms with E-state index < -0.39 is 35.9 Å². The zero-order valence-electron chi connectivity index (χ0n) is 18.0. The summed E-state index contributed by atoms with van der Waals surface area (Å²) in [7, 11) is 1.34. The average Bonchev–Trinajstić information content (AvgIpc) is 3.18. The van der Waals surface area contributed by atoms with Gasteiger partial charge in [-0.05, 0) is 29.8 Å². The van der Waals surface area contributed by atoms with Gasteiger partial charge in [0, 0.05) is 37.1 Å². The van der Waals surface area contributed by atoms with Crippen LogP contribution < -0.4 is 10.9 Å². The van der Waals surface area contributed by atoms with Crippen LogP contribution in [0.3, 0.4) is 0 Å². The number of alkyl halides is 3. The Balaban J connectivity index is 1.61. The number of benzene rings is 1. The van der Waals surface area contributed by atoms with E-state index in [1.807, 2.05) is 0 Å². The molecule has 0 aliphatic rings. The van der Waals surface area contributed by atoms with Crippen molar-refractivity contribution in [2.75, 3.05) is 11.9 Å². The summed E-state index contributed by atoms with van der Waals surface area (Å²) in [5, 5.41) is 15.8. The van der Waals surface area contributed by atoms with Gasteiger partial charge in [-0.2, -0.15) is 18.3 Å². The number of hydrogen-bond acceptors (Lipinski definition) is 6. The normalized spacial score (nSPS) is 12.5. The van der Waals surface area contributed by atoms with Crippen LogP contribution in [0, 0.1) is 5.82 Å². The van der Waals surface area contributed by atoms with Gasteiger partial charge in [0.25, 0.3) is 5.56 Å². The molecular formula is C22H17ClF4N6O2. The molecule has 3 aromatic heterocycles. The summed E-state index contributed by atoms with van der Waals surface area (Å²) in [6, 6.07) is 8.33. The van der Waals surface area contributed by atoms with Gasteiger partial charge in [0.2, 0.25) is 5.95 Å². The Kier molecular flexibility index (Phi) is 6.59. The van der Waals surface area contributed by atoms with E-state index in [1.54, 1.807) is 6.07 Å². The highest BCUT2D eigenvalue weighted by Gasteiger charge is 2.34. The minimum atomic E-state index is -4.60. The molecule has 0 aliphatic heterocycles. The quantitative estimate of drug-likeness (QED) is 0.379. The number of aliphatic hydroxyl groups excluding tert-OH is 1. The third kappa shape index (κ3) is 5.17. The number of pyridine rings is 1. The molecule has 4 rings (SSSR count). The Hall–Kier alpha value is -3.77. The van der Waals surface area contributed by atoms with Crippen LogP contribution in [-0.2, 0) is 13.2 Å². The minimum absolute atomic E-state index is 0.00622. The molecule has 0 bridgehead atoms. The number of aryl methyl sites for hydroxylation is 1. The van der Waals surface area contributed by atoms with Crippen LogP contribution in [0.15, 0.2) is 59.7 Å². The maximum atomic E-state index is 13.9. The Morgan fingerprint density at radius 3 is 2.57 bits per heavy atom. The highest BCUT2D eigenvalue weighted by molar-refractivity contribution is 6.30. The van der Waals surface area contributed by atoms with Gasteiger partial charge in [0.15, 0.2) is 5.69 Å². The summed E-state index contributed by atoms with van der Waals surface area (Å²) < 4.78 is 54.8. The number of aliphatic hydroxyl groups is 1. The van der Waals surface area contributed by atoms with Gasteiger partial charge in [-0.3, -0.25) is 9.48 Å². The molecule has 3 heterocycles. The molecule has 0 unspecified atom stereocenters. The predicted molar refractivity (Wildman–Crippen MR) is 120 cm³/mol. The molecular weight excluding hydrogens is 492 g/mol. The van der Waals surface area contributed by atoms with Crippen molar-refractivity contribution in [1.82, 2.24) is 24.3 Å². The maximum Gasteiger partial charge on any atom is 0.435 e. The van der Waals surface area contributed by atoms with Crippen LogP contribution in [0.25, 0.3) is 11.3 Å². The molecule has 0 saturated heterocycles. The van der Waals surface area contributed by atoms with E-state index in [1.165, 1.54) is 48.3 Å². The first-order valence-corrected chi connectivity index (χ1v) is 10.4. The van der Waals surface area contributed by atoms with Gasteiger partial charge < -0.3 is 15.0 Å². The zero-order chi connectivity index (χ0) is 25.3. The lowest BCUT2D eigenvalue weighted by atomic mass is 10.1. The van der Waals surface area contributed by atoms with Crippen LogP contribution >= 0.6 is 11.6 Å². The Morgan fingerprint density at radius 2 is 1.94 bits per heavy atom. The van der Waals surface area contributed by atoms with Gasteiger partial charge in [-0.15, -0.1) is 0 Å². The zero-order valence-corrected chi connectivity index (χ0v) is 18.7. The molecule has 0 amide bonds. The van der Waals surface area contributed by atoms with E-state index in [9.17, 15) is 27.5 Å². The van der Waals surface area contributed by atoms with E-state index in [-0.39, 0.29) is 16.8 Å². The fourth-order valence-electron chi connectivity index (χ4n) is 3.40. The third-order valence-corrected chi connectivity index (χ3v) is 5.45. The molecule has 0 spiro atoms. The largest absolute Gasteiger partial charge is 0.435 e. The van der Waals surface area contributed by atoms with Crippen molar-refractivity contribution in [3.63, 3.8) is 0 Å². The molecule has 35 heavy (non-hydrogen) atoms. The first kappa shape index (κ1) is 24.4. The summed E-state index contributed by atoms with van der Waals surface area (Å²) in [4.78, 5) is 21.1. The molecule has 8 nitrogen and oxygen atoms in total. The fourth-order valence-corrected chi connectivity index (χ4v) is 3.51. The number of rotatable bonds is 6. The number of anilines is 2. The number of aromatic nitrogens is 5. The number of nitrogens with one attached hydrogen (secondary N) is 1. The van der Waals surface area contributed by atoms with Crippen molar-refractivity contribution in [3.8, 4) is 11.3 Å². The van der Waals surface area contributed by atoms with Gasteiger partial charge >= 0.3 is 6.18 Å². The summed E-state index contributed by atoms with van der Waals surface area (Å²) in [6.07, 6.45) is -1.80. The first-order valence-electron chi connectivity index (χ1n) is 10.1. The lowest BCUT2D eigenvalue weighted by Crippen LogP contribution is -2.27. The highest BCUT2D eigenvalue weighted by atomic mass is 35.5. The predicted octanol–water partition coefficient (Wildman–Crippen LogP) is 4.18. The lowest BCUT2D eigenvalue weighted by molar-refractivity contribution is -0.141. The number of nitrogens with zero attached hydrogens (tertiary/aromatic N) is 5. The molecule has 0 aliphatic carbocycles. The molecule has 182 valence electrons. The van der Waals surface area contributed by atoms with Gasteiger partial charge in [0.05, 0.1) is 23.4 Å². The van der Waals surface area contributed by atoms with E-state index >= 15 is 0 Å². The summed E-state index contributed by atoms with van der Waals surface area (Å²) in [5.41, 5.74) is -0.486. The first-order chi connectivity index (χ1) is 16.6. The molecule has 13 heteroatoms. The molecule has 2 N–H and O–H groups in total. The Labute approximate surface area is 200 Å². The van der Waals surface area contributed by atoms with E-state index in [0.717, 1.165) is 16.8 Å². The highest BCUT2D eigenvalue weighted by Crippen LogP contribution is 2.30. The smallest absolute Gasteiger partial charge is 0.394 e. The second-order valence-corrected chi connectivity index (χ2v) is 7.87. The molecule has 4 aromatic rings. The number of hydrogen-bond donors (Lipinski definition) is 2. The van der Waals surface area contributed by atoms with E-state index in [0.29, 0.717) is 16.8 Å². The van der Waals surface area contributed by atoms with Gasteiger partial charge in [0.1, 0.15) is 11.6 Å². The standard InChI is InChI=1S/C22H17ClF4N6O2/c1-32-19(10-18(31-32)22(25,26)27)30-21-28-6-4-16(29-21)12-5-7-33(20(35)9-12)17(11-34)13-2-3-14(23)15(24)8-13/h2-10,17,34H,11H2,1H3,(H,28,29,30)/t17-/m1/s1. The SMILES string of the molecule is Cn1nc(C(F)(F)F)cc1Nc1nccc(-c2ccn([C@H](CO)c3ccc(Cl)c(F)c3)c(=O)c2)n1. The van der Waals surface area contributed by atoms with Crippen LogP contribution in [0.2, 0.25) is 5.02 Å². The summed E-state index contributed by atoms with van der Waals surface area (Å²) >= 11 is 5.71. The van der Waals surface area contributed by atoms with Gasteiger partial charge in [-0.25, -0.2) is 14.4 Å². The minimum Gasteiger partial charge on any atom is -0.394 e. The monoisotopic (exact) mass is 508 g/mol. The van der Waals surface area contributed by atoms with Crippen LogP contribution in [0.1, 0.15) is 17.3 Å². The molecule has 0 saturated carbocycles. The second kappa shape index (κ2) is 9.47. The van der Waals surface area contributed by atoms with Crippen LogP contribution in [-0.4, -0.2) is 36.0 Å². The van der Waals surface area contributed by atoms with Crippen molar-refractivity contribution < 1.29 is 22.7 Å². The molecule has 1 atom stereocenters. The molecule has 0 fully saturated rings. The van der Waals surface area contributed by atoms with Crippen molar-refractivity contribution in [2.24, 2.45) is 7.05 Å². The Morgan fingerprint density at radius 1 is 1.17 bits per heavy atom. The van der Waals surface area contributed by atoms with Crippen molar-refractivity contribution >= 4 is 23.4 Å². The Bertz CT molecular complexity index is 1440. The third-order valence-electron chi connectivity index (χ3n) is 5.15. The number of halogens is 5. The van der Waals surface area contributed by atoms with Crippen molar-refractivity contribution in [3.05, 3.63) is 87.3 Å². The fraction of sp³-hybridized carbons (Fsp3) is 0.182. The van der Waals surface area contributed by atoms with Crippen LogP contribution in [0.4, 0.5) is 29.3 Å². The summed E-state index contributed by atoms with van der Waals surface area (Å²) in [5.74, 6) is -0.664. The summed E-state index contributed by atoms with van der Waals surface area (Å²) in [6.45, 7) is -0.466.